The number of aromatic nitrogens is 4. The van der Waals surface area contributed by atoms with Crippen LogP contribution in [0, 0.1) is 0 Å². The molecular formula is C22H23F2N5O2. The van der Waals surface area contributed by atoms with Crippen molar-refractivity contribution in [2.24, 2.45) is 0 Å². The van der Waals surface area contributed by atoms with E-state index in [9.17, 15) is 13.6 Å². The van der Waals surface area contributed by atoms with Crippen LogP contribution in [0.15, 0.2) is 43.0 Å². The van der Waals surface area contributed by atoms with Gasteiger partial charge in [0.05, 0.1) is 18.4 Å². The van der Waals surface area contributed by atoms with Crippen LogP contribution < -0.4 is 4.74 Å². The minimum absolute atomic E-state index is 0.0890. The van der Waals surface area contributed by atoms with Gasteiger partial charge in [0.15, 0.2) is 6.61 Å². The number of hydrogen-bond donors (Lipinski definition) is 0. The molecule has 0 fully saturated rings. The quantitative estimate of drug-likeness (QED) is 0.545. The molecule has 0 unspecified atom stereocenters. The average molecular weight is 427 g/mol. The molecule has 0 N–H and O–H groups in total. The molecule has 3 heterocycles. The normalized spacial score (nSPS) is 13.5. The summed E-state index contributed by atoms with van der Waals surface area (Å²) in [6, 6.07) is 7.89. The third-order valence-electron chi connectivity index (χ3n) is 5.29. The Morgan fingerprint density at radius 3 is 2.58 bits per heavy atom. The van der Waals surface area contributed by atoms with Crippen molar-refractivity contribution in [3.63, 3.8) is 0 Å². The van der Waals surface area contributed by atoms with Crippen LogP contribution in [0.5, 0.6) is 5.88 Å². The monoisotopic (exact) mass is 427 g/mol. The van der Waals surface area contributed by atoms with Crippen molar-refractivity contribution < 1.29 is 18.3 Å². The number of fused-ring (bicyclic) bond motifs is 1. The molecule has 0 saturated carbocycles. The lowest BCUT2D eigenvalue weighted by atomic mass is 10.1. The summed E-state index contributed by atoms with van der Waals surface area (Å²) in [4.78, 5) is 22.6. The Morgan fingerprint density at radius 2 is 1.90 bits per heavy atom. The average Bonchev–Trinajstić information content (AvgIpc) is 3.38. The van der Waals surface area contributed by atoms with E-state index in [0.717, 1.165) is 23.2 Å². The molecule has 0 saturated heterocycles. The highest BCUT2D eigenvalue weighted by Crippen LogP contribution is 2.30. The summed E-state index contributed by atoms with van der Waals surface area (Å²) in [5.41, 5.74) is 3.66. The van der Waals surface area contributed by atoms with E-state index in [4.69, 9.17) is 4.74 Å². The van der Waals surface area contributed by atoms with Crippen LogP contribution in [0.25, 0.3) is 11.1 Å². The number of benzene rings is 1. The predicted octanol–water partition coefficient (Wildman–Crippen LogP) is 3.94. The van der Waals surface area contributed by atoms with Crippen molar-refractivity contribution in [2.45, 2.75) is 45.8 Å². The van der Waals surface area contributed by atoms with Gasteiger partial charge in [-0.15, -0.1) is 0 Å². The molecule has 1 aromatic carbocycles. The fraction of sp³-hybridized carbons (Fsp3) is 0.364. The highest BCUT2D eigenvalue weighted by atomic mass is 19.3. The topological polar surface area (TPSA) is 73.1 Å². The first-order valence-corrected chi connectivity index (χ1v) is 10.2. The fourth-order valence-corrected chi connectivity index (χ4v) is 3.37. The molecule has 7 nitrogen and oxygen atoms in total. The van der Waals surface area contributed by atoms with Crippen molar-refractivity contribution >= 4 is 5.91 Å². The molecule has 0 atom stereocenters. The van der Waals surface area contributed by atoms with E-state index in [0.29, 0.717) is 12.2 Å². The third-order valence-corrected chi connectivity index (χ3v) is 5.29. The molecule has 162 valence electrons. The second-order valence-corrected chi connectivity index (χ2v) is 7.44. The molecule has 0 bridgehead atoms. The Balaban J connectivity index is 1.46. The minimum atomic E-state index is -2.98. The number of aryl methyl sites for hydroxylation is 1. The van der Waals surface area contributed by atoms with Crippen LogP contribution in [0.3, 0.4) is 0 Å². The number of carbonyl (C=O) groups excluding carboxylic acids is 1. The van der Waals surface area contributed by atoms with Crippen LogP contribution >= 0.6 is 0 Å². The smallest absolute Gasteiger partial charge is 0.281 e. The Morgan fingerprint density at radius 1 is 1.13 bits per heavy atom. The fourth-order valence-electron chi connectivity index (χ4n) is 3.37. The number of hydrogen-bond acceptors (Lipinski definition) is 5. The van der Waals surface area contributed by atoms with Gasteiger partial charge in [0.25, 0.3) is 11.8 Å². The Labute approximate surface area is 178 Å². The summed E-state index contributed by atoms with van der Waals surface area (Å²) in [5, 5.41) is 4.29. The summed E-state index contributed by atoms with van der Waals surface area (Å²) in [6.07, 6.45) is 4.69. The maximum absolute atomic E-state index is 13.6. The first-order chi connectivity index (χ1) is 14.9. The van der Waals surface area contributed by atoms with Crippen LogP contribution in [0.1, 0.15) is 41.9 Å². The maximum Gasteiger partial charge on any atom is 0.281 e. The largest absolute Gasteiger partial charge is 0.471 e. The highest BCUT2D eigenvalue weighted by Gasteiger charge is 2.35. The summed E-state index contributed by atoms with van der Waals surface area (Å²) < 4.78 is 34.2. The molecule has 2 aromatic heterocycles. The molecule has 4 rings (SSSR count). The van der Waals surface area contributed by atoms with E-state index >= 15 is 0 Å². The zero-order chi connectivity index (χ0) is 22.0. The van der Waals surface area contributed by atoms with Crippen LogP contribution in [-0.4, -0.2) is 43.1 Å². The Hall–Kier alpha value is -3.36. The second kappa shape index (κ2) is 8.41. The lowest BCUT2D eigenvalue weighted by Crippen LogP contribution is -2.26. The van der Waals surface area contributed by atoms with Crippen LogP contribution in [-0.2, 0) is 19.6 Å². The second-order valence-electron chi connectivity index (χ2n) is 7.44. The van der Waals surface area contributed by atoms with Gasteiger partial charge in [-0.2, -0.15) is 5.10 Å². The lowest BCUT2D eigenvalue weighted by Gasteiger charge is -2.16. The van der Waals surface area contributed by atoms with E-state index in [2.05, 4.69) is 15.1 Å². The number of amides is 1. The number of rotatable bonds is 8. The zero-order valence-corrected chi connectivity index (χ0v) is 17.4. The van der Waals surface area contributed by atoms with Gasteiger partial charge in [0, 0.05) is 31.3 Å². The molecule has 0 spiro atoms. The zero-order valence-electron chi connectivity index (χ0n) is 17.4. The van der Waals surface area contributed by atoms with E-state index in [1.54, 1.807) is 4.90 Å². The maximum atomic E-state index is 13.6. The van der Waals surface area contributed by atoms with E-state index in [-0.39, 0.29) is 30.3 Å². The van der Waals surface area contributed by atoms with Crippen LogP contribution in [0.2, 0.25) is 0 Å². The summed E-state index contributed by atoms with van der Waals surface area (Å²) >= 11 is 0. The van der Waals surface area contributed by atoms with Crippen LogP contribution in [0.4, 0.5) is 8.78 Å². The van der Waals surface area contributed by atoms with Gasteiger partial charge in [-0.3, -0.25) is 9.48 Å². The first-order valence-electron chi connectivity index (χ1n) is 10.2. The Bertz CT molecular complexity index is 1080. The summed E-state index contributed by atoms with van der Waals surface area (Å²) in [6.45, 7) is 4.04. The number of halogens is 2. The molecule has 0 aliphatic carbocycles. The van der Waals surface area contributed by atoms with Gasteiger partial charge in [0.1, 0.15) is 11.9 Å². The molecule has 31 heavy (non-hydrogen) atoms. The van der Waals surface area contributed by atoms with Crippen molar-refractivity contribution in [1.29, 1.82) is 0 Å². The Kier molecular flexibility index (Phi) is 5.67. The van der Waals surface area contributed by atoms with Crippen molar-refractivity contribution in [3.8, 4) is 17.0 Å². The molecule has 1 amide bonds. The number of ether oxygens (including phenoxy) is 1. The SMILES string of the molecule is CCn1cc(-c2ccc(CN3Cc4ncnc(OCC(F)(F)CC)c4C3=O)cc2)cn1. The van der Waals surface area contributed by atoms with E-state index < -0.39 is 12.5 Å². The number of carbonyl (C=O) groups is 1. The van der Waals surface area contributed by atoms with Gasteiger partial charge < -0.3 is 9.64 Å². The predicted molar refractivity (Wildman–Crippen MR) is 110 cm³/mol. The van der Waals surface area contributed by atoms with Crippen molar-refractivity contribution in [2.75, 3.05) is 6.61 Å². The third kappa shape index (κ3) is 4.40. The van der Waals surface area contributed by atoms with Crippen molar-refractivity contribution in [1.82, 2.24) is 24.6 Å². The molecule has 0 radical (unpaired) electrons. The van der Waals surface area contributed by atoms with Gasteiger partial charge in [0.2, 0.25) is 5.88 Å². The molecule has 3 aromatic rings. The molecular weight excluding hydrogens is 404 g/mol. The minimum Gasteiger partial charge on any atom is -0.471 e. The summed E-state index contributed by atoms with van der Waals surface area (Å²) in [7, 11) is 0. The van der Waals surface area contributed by atoms with Gasteiger partial charge in [-0.25, -0.2) is 18.7 Å². The van der Waals surface area contributed by atoms with E-state index in [1.165, 1.54) is 13.3 Å². The highest BCUT2D eigenvalue weighted by molar-refractivity contribution is 5.99. The lowest BCUT2D eigenvalue weighted by molar-refractivity contribution is -0.0449. The number of alkyl halides is 2. The molecule has 1 aliphatic heterocycles. The van der Waals surface area contributed by atoms with Crippen molar-refractivity contribution in [3.05, 3.63) is 59.8 Å². The first kappa shape index (κ1) is 20.9. The molecule has 1 aliphatic rings. The van der Waals surface area contributed by atoms with Gasteiger partial charge >= 0.3 is 0 Å². The van der Waals surface area contributed by atoms with Gasteiger partial charge in [-0.05, 0) is 18.1 Å². The standard InChI is InChI=1S/C22H23F2N5O2/c1-3-22(23,24)13-31-20-19-18(25-14-26-20)12-28(21(19)30)10-15-5-7-16(8-6-15)17-9-27-29(4-2)11-17/h5-9,11,14H,3-4,10,12-13H2,1-2H3. The van der Waals surface area contributed by atoms with E-state index in [1.807, 2.05) is 48.3 Å². The molecule has 9 heteroatoms. The van der Waals surface area contributed by atoms with Gasteiger partial charge in [-0.1, -0.05) is 31.2 Å². The number of nitrogens with zero attached hydrogens (tertiary/aromatic N) is 5. The summed E-state index contributed by atoms with van der Waals surface area (Å²) in [5.74, 6) is -3.39.